The molecule has 0 aliphatic heterocycles. The maximum atomic E-state index is 11.5. The second kappa shape index (κ2) is 6.71. The predicted molar refractivity (Wildman–Crippen MR) is 76.8 cm³/mol. The highest BCUT2D eigenvalue weighted by Crippen LogP contribution is 2.26. The van der Waals surface area contributed by atoms with Gasteiger partial charge in [-0.05, 0) is 44.9 Å². The van der Waals surface area contributed by atoms with Crippen LogP contribution in [0.3, 0.4) is 0 Å². The van der Waals surface area contributed by atoms with E-state index >= 15 is 0 Å². The van der Waals surface area contributed by atoms with Gasteiger partial charge in [-0.1, -0.05) is 18.6 Å². The highest BCUT2D eigenvalue weighted by Gasteiger charge is 2.18. The third-order valence-electron chi connectivity index (χ3n) is 3.79. The molecule has 1 aromatic rings. The van der Waals surface area contributed by atoms with Gasteiger partial charge in [0.05, 0.1) is 5.56 Å². The molecule has 3 nitrogen and oxygen atoms in total. The van der Waals surface area contributed by atoms with Crippen molar-refractivity contribution in [2.75, 3.05) is 26.7 Å². The summed E-state index contributed by atoms with van der Waals surface area (Å²) in [5, 5.41) is 0. The predicted octanol–water partition coefficient (Wildman–Crippen LogP) is 3.00. The third kappa shape index (κ3) is 4.06. The van der Waals surface area contributed by atoms with Crippen LogP contribution in [-0.2, 0) is 0 Å². The molecule has 0 radical (unpaired) electrons. The number of carbonyl (C=O) groups is 1. The maximum absolute atomic E-state index is 11.5. The van der Waals surface area contributed by atoms with Crippen molar-refractivity contribution in [1.82, 2.24) is 4.90 Å². The second-order valence-corrected chi connectivity index (χ2v) is 5.46. The van der Waals surface area contributed by atoms with E-state index < -0.39 is 0 Å². The molecule has 1 fully saturated rings. The number of likely N-dealkylation sites (N-methyl/N-ethyl adjacent to an activating group) is 1. The summed E-state index contributed by atoms with van der Waals surface area (Å²) in [5.74, 6) is 1.64. The molecule has 1 aromatic carbocycles. The van der Waals surface area contributed by atoms with Gasteiger partial charge in [-0.15, -0.1) is 0 Å². The van der Waals surface area contributed by atoms with Crippen LogP contribution in [0.4, 0.5) is 0 Å². The average molecular weight is 261 g/mol. The number of ketones is 1. The maximum Gasteiger partial charge on any atom is 0.163 e. The highest BCUT2D eigenvalue weighted by molar-refractivity contribution is 5.96. The molecule has 0 heterocycles. The van der Waals surface area contributed by atoms with Gasteiger partial charge in [0.25, 0.3) is 0 Å². The molecule has 0 bridgehead atoms. The van der Waals surface area contributed by atoms with Crippen LogP contribution >= 0.6 is 0 Å². The minimum absolute atomic E-state index is 0.0541. The molecule has 104 valence electrons. The molecule has 0 atom stereocenters. The Balaban J connectivity index is 1.77. The van der Waals surface area contributed by atoms with Crippen molar-refractivity contribution in [2.24, 2.45) is 5.92 Å². The summed E-state index contributed by atoms with van der Waals surface area (Å²) in [6.07, 6.45) is 4.14. The molecular weight excluding hydrogens is 238 g/mol. The molecule has 0 spiro atoms. The van der Waals surface area contributed by atoms with E-state index in [4.69, 9.17) is 4.74 Å². The van der Waals surface area contributed by atoms with Crippen LogP contribution in [0.1, 0.15) is 36.5 Å². The van der Waals surface area contributed by atoms with Crippen LogP contribution in [0, 0.1) is 5.92 Å². The second-order valence-electron chi connectivity index (χ2n) is 5.46. The van der Waals surface area contributed by atoms with Gasteiger partial charge in [-0.25, -0.2) is 0 Å². The van der Waals surface area contributed by atoms with E-state index in [1.165, 1.54) is 19.3 Å². The van der Waals surface area contributed by atoms with Gasteiger partial charge in [-0.2, -0.15) is 0 Å². The monoisotopic (exact) mass is 261 g/mol. The summed E-state index contributed by atoms with van der Waals surface area (Å²) in [6.45, 7) is 4.28. The smallest absolute Gasteiger partial charge is 0.163 e. The van der Waals surface area contributed by atoms with Crippen molar-refractivity contribution >= 4 is 5.78 Å². The summed E-state index contributed by atoms with van der Waals surface area (Å²) in [4.78, 5) is 13.8. The molecule has 0 N–H and O–H groups in total. The normalized spacial score (nSPS) is 15.3. The Labute approximate surface area is 115 Å². The fraction of sp³-hybridized carbons (Fsp3) is 0.562. The van der Waals surface area contributed by atoms with Crippen molar-refractivity contribution < 1.29 is 9.53 Å². The Bertz CT molecular complexity index is 427. The molecule has 0 aromatic heterocycles. The first-order chi connectivity index (χ1) is 9.16. The number of hydrogen-bond acceptors (Lipinski definition) is 3. The van der Waals surface area contributed by atoms with E-state index in [1.54, 1.807) is 6.92 Å². The number of benzene rings is 1. The number of ether oxygens (including phenoxy) is 1. The van der Waals surface area contributed by atoms with Gasteiger partial charge in [0, 0.05) is 13.1 Å². The molecule has 0 saturated heterocycles. The Morgan fingerprint density at radius 3 is 2.74 bits per heavy atom. The summed E-state index contributed by atoms with van der Waals surface area (Å²) in [5.41, 5.74) is 0.671. The first kappa shape index (κ1) is 14.1. The van der Waals surface area contributed by atoms with Gasteiger partial charge in [0.1, 0.15) is 12.4 Å². The molecule has 19 heavy (non-hydrogen) atoms. The number of hydrogen-bond donors (Lipinski definition) is 0. The van der Waals surface area contributed by atoms with E-state index in [2.05, 4.69) is 11.9 Å². The van der Waals surface area contributed by atoms with Crippen LogP contribution in [0.2, 0.25) is 0 Å². The Morgan fingerprint density at radius 1 is 1.37 bits per heavy atom. The van der Waals surface area contributed by atoms with Crippen LogP contribution in [0.25, 0.3) is 0 Å². The highest BCUT2D eigenvalue weighted by atomic mass is 16.5. The van der Waals surface area contributed by atoms with Crippen LogP contribution in [-0.4, -0.2) is 37.4 Å². The van der Waals surface area contributed by atoms with Crippen molar-refractivity contribution in [3.63, 3.8) is 0 Å². The molecule has 2 rings (SSSR count). The summed E-state index contributed by atoms with van der Waals surface area (Å²) in [6, 6.07) is 7.45. The quantitative estimate of drug-likeness (QED) is 0.707. The van der Waals surface area contributed by atoms with Crippen molar-refractivity contribution in [3.05, 3.63) is 29.8 Å². The summed E-state index contributed by atoms with van der Waals surface area (Å²) in [7, 11) is 2.14. The Kier molecular flexibility index (Phi) is 4.97. The van der Waals surface area contributed by atoms with Gasteiger partial charge < -0.3 is 9.64 Å². The van der Waals surface area contributed by atoms with E-state index in [9.17, 15) is 4.79 Å². The number of carbonyl (C=O) groups excluding carboxylic acids is 1. The molecule has 0 amide bonds. The third-order valence-corrected chi connectivity index (χ3v) is 3.79. The SMILES string of the molecule is CC(=O)c1ccccc1OCCN(C)CC1CCC1. The van der Waals surface area contributed by atoms with E-state index in [-0.39, 0.29) is 5.78 Å². The standard InChI is InChI=1S/C16H23NO2/c1-13(18)15-8-3-4-9-16(15)19-11-10-17(2)12-14-6-5-7-14/h3-4,8-9,14H,5-7,10-12H2,1-2H3. The zero-order valence-electron chi connectivity index (χ0n) is 11.9. The molecule has 1 saturated carbocycles. The zero-order valence-corrected chi connectivity index (χ0v) is 11.9. The first-order valence-electron chi connectivity index (χ1n) is 7.08. The lowest BCUT2D eigenvalue weighted by atomic mass is 9.85. The van der Waals surface area contributed by atoms with Crippen molar-refractivity contribution in [1.29, 1.82) is 0 Å². The Hall–Kier alpha value is -1.35. The zero-order chi connectivity index (χ0) is 13.7. The van der Waals surface area contributed by atoms with Gasteiger partial charge >= 0.3 is 0 Å². The molecule has 1 aliphatic carbocycles. The largest absolute Gasteiger partial charge is 0.491 e. The van der Waals surface area contributed by atoms with E-state index in [0.717, 1.165) is 19.0 Å². The van der Waals surface area contributed by atoms with Gasteiger partial charge in [0.15, 0.2) is 5.78 Å². The van der Waals surface area contributed by atoms with Crippen LogP contribution < -0.4 is 4.74 Å². The minimum Gasteiger partial charge on any atom is -0.491 e. The van der Waals surface area contributed by atoms with Crippen LogP contribution in [0.5, 0.6) is 5.75 Å². The summed E-state index contributed by atoms with van der Waals surface area (Å²) < 4.78 is 5.74. The number of rotatable bonds is 7. The Morgan fingerprint density at radius 2 is 2.11 bits per heavy atom. The van der Waals surface area contributed by atoms with Crippen molar-refractivity contribution in [2.45, 2.75) is 26.2 Å². The van der Waals surface area contributed by atoms with Crippen molar-refractivity contribution in [3.8, 4) is 5.75 Å². The minimum atomic E-state index is 0.0541. The lowest BCUT2D eigenvalue weighted by Crippen LogP contribution is -2.32. The fourth-order valence-corrected chi connectivity index (χ4v) is 2.40. The topological polar surface area (TPSA) is 29.5 Å². The molecular formula is C16H23NO2. The lowest BCUT2D eigenvalue weighted by molar-refractivity contribution is 0.101. The average Bonchev–Trinajstić information content (AvgIpc) is 2.34. The van der Waals surface area contributed by atoms with Crippen LogP contribution in [0.15, 0.2) is 24.3 Å². The fourth-order valence-electron chi connectivity index (χ4n) is 2.40. The van der Waals surface area contributed by atoms with Gasteiger partial charge in [-0.3, -0.25) is 4.79 Å². The van der Waals surface area contributed by atoms with E-state index in [0.29, 0.717) is 17.9 Å². The lowest BCUT2D eigenvalue weighted by Gasteiger charge is -2.30. The molecule has 1 aliphatic rings. The van der Waals surface area contributed by atoms with E-state index in [1.807, 2.05) is 24.3 Å². The molecule has 0 unspecified atom stereocenters. The number of para-hydroxylation sites is 1. The first-order valence-corrected chi connectivity index (χ1v) is 7.08. The number of Topliss-reactive ketones (excluding diaryl/α,β-unsaturated/α-hetero) is 1. The number of nitrogens with zero attached hydrogens (tertiary/aromatic N) is 1. The molecule has 3 heteroatoms. The summed E-state index contributed by atoms with van der Waals surface area (Å²) >= 11 is 0. The van der Waals surface area contributed by atoms with Gasteiger partial charge in [0.2, 0.25) is 0 Å².